The molecule has 2 aromatic heterocycles. The van der Waals surface area contributed by atoms with Crippen LogP contribution in [-0.4, -0.2) is 22.1 Å². The standard InChI is InChI=1S/C30H27F3NS.C9H16O2.Ir/c1-28(2,3)24-16-20(15-19-8-6-7-9-21(19)24)26-27-23(12-13-34-26)22-11-10-18(14-25(22)35-27)17-29(4,5)30(31,32)33;1-6(2)8(10)5-9(11)7(3)4;/h6-14,16H,17H2,1-5H3;5-7,10H,1-4H3;/q-1;;/b;8-5-;. The molecular weight excluding hydrogens is 796 g/mol. The molecule has 47 heavy (non-hydrogen) atoms. The summed E-state index contributed by atoms with van der Waals surface area (Å²) in [5.74, 6) is 0.161. The largest absolute Gasteiger partial charge is 0.512 e. The number of halogens is 3. The van der Waals surface area contributed by atoms with Gasteiger partial charge in [0.1, 0.15) is 0 Å². The normalized spacial score (nSPS) is 12.9. The second-order valence-corrected chi connectivity index (χ2v) is 15.3. The summed E-state index contributed by atoms with van der Waals surface area (Å²) in [6.45, 7) is 16.4. The molecule has 0 spiro atoms. The maximum absolute atomic E-state index is 13.5. The number of aromatic nitrogens is 1. The van der Waals surface area contributed by atoms with E-state index >= 15 is 0 Å². The van der Waals surface area contributed by atoms with Crippen molar-refractivity contribution in [1.29, 1.82) is 0 Å². The van der Waals surface area contributed by atoms with Crippen LogP contribution in [0, 0.1) is 23.3 Å². The van der Waals surface area contributed by atoms with E-state index in [0.717, 1.165) is 36.8 Å². The van der Waals surface area contributed by atoms with Gasteiger partial charge in [-0.2, -0.15) is 13.2 Å². The molecule has 0 fully saturated rings. The zero-order chi connectivity index (χ0) is 34.2. The Bertz CT molecular complexity index is 1910. The monoisotopic (exact) mass is 839 g/mol. The minimum Gasteiger partial charge on any atom is -0.512 e. The average molecular weight is 839 g/mol. The second-order valence-electron chi connectivity index (χ2n) is 14.2. The Balaban J connectivity index is 0.000000432. The van der Waals surface area contributed by atoms with Gasteiger partial charge in [-0.15, -0.1) is 40.5 Å². The van der Waals surface area contributed by atoms with Crippen LogP contribution in [0.3, 0.4) is 0 Å². The molecule has 0 atom stereocenters. The molecule has 5 aromatic rings. The molecule has 0 bridgehead atoms. The first-order chi connectivity index (χ1) is 21.3. The van der Waals surface area contributed by atoms with Crippen LogP contribution in [0.2, 0.25) is 0 Å². The SMILES string of the molecule is CC(C)(C)c1cc(-c2nccc3c2sc2cc(CC(C)(C)C(F)(F)F)ccc23)[c-]c2ccccc12.CC(C)C(=O)/C=C(\O)C(C)C.[Ir]. The quantitative estimate of drug-likeness (QED) is 0.105. The Labute approximate surface area is 293 Å². The predicted octanol–water partition coefficient (Wildman–Crippen LogP) is 11.8. The van der Waals surface area contributed by atoms with Gasteiger partial charge in [-0.3, -0.25) is 9.78 Å². The van der Waals surface area contributed by atoms with E-state index in [0.29, 0.717) is 5.56 Å². The van der Waals surface area contributed by atoms with Crippen molar-refractivity contribution in [3.05, 3.63) is 89.8 Å². The van der Waals surface area contributed by atoms with E-state index in [1.807, 2.05) is 70.3 Å². The molecular formula is C39H43F3IrNO2S-. The summed E-state index contributed by atoms with van der Waals surface area (Å²) < 4.78 is 42.4. The topological polar surface area (TPSA) is 50.2 Å². The Morgan fingerprint density at radius 2 is 1.57 bits per heavy atom. The third kappa shape index (κ3) is 8.70. The smallest absolute Gasteiger partial charge is 0.394 e. The summed E-state index contributed by atoms with van der Waals surface area (Å²) in [6.07, 6.45) is -1.19. The molecule has 0 amide bonds. The van der Waals surface area contributed by atoms with Crippen LogP contribution in [0.5, 0.6) is 0 Å². The van der Waals surface area contributed by atoms with Gasteiger partial charge in [0.2, 0.25) is 0 Å². The third-order valence-electron chi connectivity index (χ3n) is 8.16. The molecule has 5 rings (SSSR count). The second kappa shape index (κ2) is 14.6. The zero-order valence-electron chi connectivity index (χ0n) is 28.4. The number of carbonyl (C=O) groups is 1. The summed E-state index contributed by atoms with van der Waals surface area (Å²) in [5, 5.41) is 13.5. The number of fused-ring (bicyclic) bond motifs is 4. The van der Waals surface area contributed by atoms with Crippen molar-refractivity contribution in [3.8, 4) is 11.3 Å². The molecule has 253 valence electrons. The number of benzene rings is 3. The van der Waals surface area contributed by atoms with Crippen LogP contribution < -0.4 is 0 Å². The minimum atomic E-state index is -4.25. The van der Waals surface area contributed by atoms with E-state index in [-0.39, 0.29) is 55.3 Å². The van der Waals surface area contributed by atoms with Gasteiger partial charge in [-0.1, -0.05) is 104 Å². The number of ketones is 1. The van der Waals surface area contributed by atoms with Gasteiger partial charge >= 0.3 is 6.18 Å². The average Bonchev–Trinajstić information content (AvgIpc) is 3.33. The number of rotatable bonds is 6. The molecule has 3 aromatic carbocycles. The van der Waals surface area contributed by atoms with Crippen molar-refractivity contribution in [1.82, 2.24) is 4.98 Å². The fourth-order valence-corrected chi connectivity index (χ4v) is 6.38. The third-order valence-corrected chi connectivity index (χ3v) is 9.33. The van der Waals surface area contributed by atoms with Gasteiger partial charge in [0, 0.05) is 59.3 Å². The molecule has 0 aliphatic rings. The summed E-state index contributed by atoms with van der Waals surface area (Å²) in [7, 11) is 0. The Hall–Kier alpha value is -3.06. The van der Waals surface area contributed by atoms with Gasteiger partial charge in [0.05, 0.1) is 11.2 Å². The predicted molar refractivity (Wildman–Crippen MR) is 187 cm³/mol. The number of hydrogen-bond donors (Lipinski definition) is 1. The van der Waals surface area contributed by atoms with E-state index in [2.05, 4.69) is 45.0 Å². The number of thiophene rings is 1. The molecule has 2 heterocycles. The minimum absolute atomic E-state index is 0. The van der Waals surface area contributed by atoms with Crippen LogP contribution in [0.1, 0.15) is 73.4 Å². The molecule has 0 saturated heterocycles. The molecule has 1 radical (unpaired) electrons. The summed E-state index contributed by atoms with van der Waals surface area (Å²) in [5.41, 5.74) is 1.87. The Morgan fingerprint density at radius 3 is 2.17 bits per heavy atom. The van der Waals surface area contributed by atoms with E-state index in [1.54, 1.807) is 11.3 Å². The molecule has 0 saturated carbocycles. The van der Waals surface area contributed by atoms with Crippen LogP contribution in [0.15, 0.2) is 72.6 Å². The van der Waals surface area contributed by atoms with Crippen molar-refractivity contribution < 1.29 is 43.2 Å². The van der Waals surface area contributed by atoms with Gasteiger partial charge in [-0.05, 0) is 40.3 Å². The first kappa shape index (κ1) is 38.4. The first-order valence-electron chi connectivity index (χ1n) is 15.6. The molecule has 3 nitrogen and oxygen atoms in total. The van der Waals surface area contributed by atoms with Gasteiger partial charge < -0.3 is 5.11 Å². The van der Waals surface area contributed by atoms with Crippen molar-refractivity contribution >= 4 is 48.1 Å². The Morgan fingerprint density at radius 1 is 0.915 bits per heavy atom. The van der Waals surface area contributed by atoms with Crippen molar-refractivity contribution in [3.63, 3.8) is 0 Å². The fourth-order valence-electron chi connectivity index (χ4n) is 5.12. The maximum atomic E-state index is 13.5. The van der Waals surface area contributed by atoms with Crippen LogP contribution in [-0.2, 0) is 36.7 Å². The van der Waals surface area contributed by atoms with Crippen molar-refractivity contribution in [2.45, 2.75) is 80.3 Å². The number of aliphatic hydroxyl groups is 1. The molecule has 0 aliphatic heterocycles. The van der Waals surface area contributed by atoms with Crippen LogP contribution in [0.25, 0.3) is 42.2 Å². The number of allylic oxidation sites excluding steroid dienone is 2. The molecule has 8 heteroatoms. The first-order valence-corrected chi connectivity index (χ1v) is 16.4. The van der Waals surface area contributed by atoms with Crippen LogP contribution >= 0.6 is 11.3 Å². The van der Waals surface area contributed by atoms with Crippen molar-refractivity contribution in [2.24, 2.45) is 17.3 Å². The van der Waals surface area contributed by atoms with Crippen molar-refractivity contribution in [2.75, 3.05) is 0 Å². The molecule has 0 unspecified atom stereocenters. The van der Waals surface area contributed by atoms with Gasteiger partial charge in [0.15, 0.2) is 5.78 Å². The van der Waals surface area contributed by atoms with Gasteiger partial charge in [-0.25, -0.2) is 0 Å². The number of aliphatic hydroxyl groups excluding tert-OH is 1. The van der Waals surface area contributed by atoms with E-state index in [4.69, 9.17) is 4.98 Å². The number of nitrogens with zero attached hydrogens (tertiary/aromatic N) is 1. The fraction of sp³-hybridized carbons (Fsp3) is 0.385. The number of pyridine rings is 1. The number of alkyl halides is 3. The maximum Gasteiger partial charge on any atom is 0.394 e. The van der Waals surface area contributed by atoms with E-state index in [1.165, 1.54) is 30.9 Å². The summed E-state index contributed by atoms with van der Waals surface area (Å²) in [6, 6.07) is 21.7. The Kier molecular flexibility index (Phi) is 11.9. The summed E-state index contributed by atoms with van der Waals surface area (Å²) in [4.78, 5) is 15.8. The number of hydrogen-bond acceptors (Lipinski definition) is 4. The molecule has 0 aliphatic carbocycles. The molecule has 1 N–H and O–H groups in total. The van der Waals surface area contributed by atoms with Gasteiger partial charge in [0.25, 0.3) is 0 Å². The number of carbonyl (C=O) groups excluding carboxylic acids is 1. The summed E-state index contributed by atoms with van der Waals surface area (Å²) >= 11 is 1.59. The zero-order valence-corrected chi connectivity index (χ0v) is 31.6. The van der Waals surface area contributed by atoms with Crippen LogP contribution in [0.4, 0.5) is 13.2 Å². The van der Waals surface area contributed by atoms with E-state index in [9.17, 15) is 23.1 Å². The van der Waals surface area contributed by atoms with E-state index < -0.39 is 11.6 Å².